The van der Waals surface area contributed by atoms with Crippen LogP contribution in [0, 0.1) is 6.92 Å². The molecule has 1 saturated heterocycles. The van der Waals surface area contributed by atoms with Crippen molar-refractivity contribution in [3.8, 4) is 0 Å². The van der Waals surface area contributed by atoms with Gasteiger partial charge >= 0.3 is 0 Å². The topological polar surface area (TPSA) is 49.4 Å². The van der Waals surface area contributed by atoms with E-state index in [1.54, 1.807) is 0 Å². The Balaban J connectivity index is 1.78. The average molecular weight is 282 g/mol. The predicted molar refractivity (Wildman–Crippen MR) is 79.4 cm³/mol. The molecule has 0 aromatic heterocycles. The third-order valence-corrected chi connectivity index (χ3v) is 5.38. The Bertz CT molecular complexity index is 511. The summed E-state index contributed by atoms with van der Waals surface area (Å²) >= 11 is 0. The summed E-state index contributed by atoms with van der Waals surface area (Å²) < 4.78 is 23.0. The Morgan fingerprint density at radius 3 is 2.63 bits per heavy atom. The molecule has 1 N–H and O–H groups in total. The normalized spacial score (nSPS) is 23.2. The molecule has 0 amide bonds. The molecule has 106 valence electrons. The maximum absolute atomic E-state index is 11.5. The second-order valence-electron chi connectivity index (χ2n) is 5.29. The summed E-state index contributed by atoms with van der Waals surface area (Å²) in [5.74, 6) is 0.583. The van der Waals surface area contributed by atoms with E-state index in [1.165, 1.54) is 5.56 Å². The van der Waals surface area contributed by atoms with E-state index in [1.807, 2.05) is 6.92 Å². The van der Waals surface area contributed by atoms with Gasteiger partial charge in [0.2, 0.25) is 0 Å². The zero-order valence-corrected chi connectivity index (χ0v) is 12.4. The fourth-order valence-electron chi connectivity index (χ4n) is 2.38. The molecule has 1 aromatic carbocycles. The number of nitrogens with zero attached hydrogens (tertiary/aromatic N) is 1. The summed E-state index contributed by atoms with van der Waals surface area (Å²) in [6, 6.07) is 8.42. The number of sulfone groups is 1. The van der Waals surface area contributed by atoms with Crippen molar-refractivity contribution in [3.05, 3.63) is 29.8 Å². The maximum atomic E-state index is 11.5. The van der Waals surface area contributed by atoms with Gasteiger partial charge in [-0.05, 0) is 26.0 Å². The van der Waals surface area contributed by atoms with Crippen LogP contribution in [-0.2, 0) is 9.84 Å². The zero-order valence-electron chi connectivity index (χ0n) is 11.6. The molecule has 5 heteroatoms. The lowest BCUT2D eigenvalue weighted by Crippen LogP contribution is -2.48. The van der Waals surface area contributed by atoms with Gasteiger partial charge in [0.15, 0.2) is 9.84 Å². The molecule has 0 radical (unpaired) electrons. The highest BCUT2D eigenvalue weighted by atomic mass is 32.2. The zero-order chi connectivity index (χ0) is 13.9. The summed E-state index contributed by atoms with van der Waals surface area (Å²) in [6.45, 7) is 6.43. The SMILES string of the molecule is Cc1ccc(NCCN2CCS(=O)(=O)CC2C)cc1. The highest BCUT2D eigenvalue weighted by molar-refractivity contribution is 7.91. The minimum Gasteiger partial charge on any atom is -0.384 e. The smallest absolute Gasteiger partial charge is 0.153 e. The van der Waals surface area contributed by atoms with E-state index in [4.69, 9.17) is 0 Å². The molecule has 1 unspecified atom stereocenters. The van der Waals surface area contributed by atoms with Crippen molar-refractivity contribution < 1.29 is 8.42 Å². The minimum atomic E-state index is -2.81. The first kappa shape index (κ1) is 14.3. The van der Waals surface area contributed by atoms with Gasteiger partial charge in [0.1, 0.15) is 0 Å². The van der Waals surface area contributed by atoms with Crippen LogP contribution >= 0.6 is 0 Å². The molecule has 0 aliphatic carbocycles. The molecule has 1 atom stereocenters. The van der Waals surface area contributed by atoms with Gasteiger partial charge in [0.25, 0.3) is 0 Å². The molecule has 1 aromatic rings. The van der Waals surface area contributed by atoms with Crippen molar-refractivity contribution in [1.29, 1.82) is 0 Å². The van der Waals surface area contributed by atoms with E-state index in [2.05, 4.69) is 41.4 Å². The quantitative estimate of drug-likeness (QED) is 0.910. The monoisotopic (exact) mass is 282 g/mol. The highest BCUT2D eigenvalue weighted by Gasteiger charge is 2.27. The number of rotatable bonds is 4. The van der Waals surface area contributed by atoms with E-state index in [0.29, 0.717) is 12.3 Å². The first-order valence-electron chi connectivity index (χ1n) is 6.71. The number of aryl methyl sites for hydroxylation is 1. The van der Waals surface area contributed by atoms with Gasteiger partial charge in [-0.3, -0.25) is 4.90 Å². The lowest BCUT2D eigenvalue weighted by molar-refractivity contribution is 0.235. The van der Waals surface area contributed by atoms with Gasteiger partial charge in [0.05, 0.1) is 11.5 Å². The number of nitrogens with one attached hydrogen (secondary N) is 1. The van der Waals surface area contributed by atoms with Crippen LogP contribution in [0.15, 0.2) is 24.3 Å². The number of anilines is 1. The molecule has 0 bridgehead atoms. The molecule has 1 aliphatic rings. The molecule has 2 rings (SSSR count). The largest absolute Gasteiger partial charge is 0.384 e. The Kier molecular flexibility index (Phi) is 4.47. The third kappa shape index (κ3) is 4.21. The Morgan fingerprint density at radius 1 is 1.32 bits per heavy atom. The van der Waals surface area contributed by atoms with Crippen LogP contribution in [0.1, 0.15) is 12.5 Å². The van der Waals surface area contributed by atoms with Crippen molar-refractivity contribution in [2.24, 2.45) is 0 Å². The van der Waals surface area contributed by atoms with Crippen LogP contribution in [0.2, 0.25) is 0 Å². The second kappa shape index (κ2) is 5.92. The highest BCUT2D eigenvalue weighted by Crippen LogP contribution is 2.12. The summed E-state index contributed by atoms with van der Waals surface area (Å²) in [4.78, 5) is 2.24. The molecule has 4 nitrogen and oxygen atoms in total. The van der Waals surface area contributed by atoms with Crippen LogP contribution < -0.4 is 5.32 Å². The van der Waals surface area contributed by atoms with E-state index >= 15 is 0 Å². The van der Waals surface area contributed by atoms with Crippen molar-refractivity contribution >= 4 is 15.5 Å². The van der Waals surface area contributed by atoms with Gasteiger partial charge in [-0.2, -0.15) is 0 Å². The van der Waals surface area contributed by atoms with Crippen LogP contribution in [0.4, 0.5) is 5.69 Å². The predicted octanol–water partition coefficient (Wildman–Crippen LogP) is 1.53. The second-order valence-corrected chi connectivity index (χ2v) is 7.52. The molecule has 19 heavy (non-hydrogen) atoms. The molecule has 0 saturated carbocycles. The van der Waals surface area contributed by atoms with Crippen LogP contribution in [0.3, 0.4) is 0 Å². The molecule has 1 aliphatic heterocycles. The van der Waals surface area contributed by atoms with Crippen LogP contribution in [0.25, 0.3) is 0 Å². The fourth-order valence-corrected chi connectivity index (χ4v) is 4.01. The Morgan fingerprint density at radius 2 is 2.00 bits per heavy atom. The third-order valence-electron chi connectivity index (χ3n) is 3.59. The summed E-state index contributed by atoms with van der Waals surface area (Å²) in [5.41, 5.74) is 2.36. The average Bonchev–Trinajstić information content (AvgIpc) is 2.34. The summed E-state index contributed by atoms with van der Waals surface area (Å²) in [6.07, 6.45) is 0. The van der Waals surface area contributed by atoms with Gasteiger partial charge in [0, 0.05) is 31.4 Å². The van der Waals surface area contributed by atoms with Gasteiger partial charge < -0.3 is 5.32 Å². The Labute approximate surface area is 115 Å². The molecular formula is C14H22N2O2S. The molecule has 1 fully saturated rings. The van der Waals surface area contributed by atoms with Gasteiger partial charge in [-0.1, -0.05) is 17.7 Å². The van der Waals surface area contributed by atoms with Crippen molar-refractivity contribution in [2.75, 3.05) is 36.5 Å². The van der Waals surface area contributed by atoms with Gasteiger partial charge in [-0.15, -0.1) is 0 Å². The first-order chi connectivity index (χ1) is 8.96. The van der Waals surface area contributed by atoms with Crippen LogP contribution in [-0.4, -0.2) is 50.5 Å². The van der Waals surface area contributed by atoms with Crippen molar-refractivity contribution in [3.63, 3.8) is 0 Å². The first-order valence-corrected chi connectivity index (χ1v) is 8.53. The lowest BCUT2D eigenvalue weighted by Gasteiger charge is -2.33. The summed E-state index contributed by atoms with van der Waals surface area (Å²) in [5, 5.41) is 3.37. The van der Waals surface area contributed by atoms with E-state index < -0.39 is 9.84 Å². The fraction of sp³-hybridized carbons (Fsp3) is 0.571. The van der Waals surface area contributed by atoms with Gasteiger partial charge in [-0.25, -0.2) is 8.42 Å². The number of hydrogen-bond acceptors (Lipinski definition) is 4. The molecule has 1 heterocycles. The van der Waals surface area contributed by atoms with E-state index in [9.17, 15) is 8.42 Å². The lowest BCUT2D eigenvalue weighted by atomic mass is 10.2. The van der Waals surface area contributed by atoms with Crippen molar-refractivity contribution in [2.45, 2.75) is 19.9 Å². The Hall–Kier alpha value is -1.07. The van der Waals surface area contributed by atoms with E-state index in [0.717, 1.165) is 18.8 Å². The van der Waals surface area contributed by atoms with E-state index in [-0.39, 0.29) is 11.8 Å². The molecule has 0 spiro atoms. The summed E-state index contributed by atoms with van der Waals surface area (Å²) in [7, 11) is -2.81. The standard InChI is InChI=1S/C14H22N2O2S/c1-12-3-5-14(6-4-12)15-7-8-16-9-10-19(17,18)11-13(16)2/h3-6,13,15H,7-11H2,1-2H3. The van der Waals surface area contributed by atoms with Crippen LogP contribution in [0.5, 0.6) is 0 Å². The number of benzene rings is 1. The molecular weight excluding hydrogens is 260 g/mol. The maximum Gasteiger partial charge on any atom is 0.153 e. The minimum absolute atomic E-state index is 0.124. The number of hydrogen-bond donors (Lipinski definition) is 1. The van der Waals surface area contributed by atoms with Crippen molar-refractivity contribution in [1.82, 2.24) is 4.90 Å².